The van der Waals surface area contributed by atoms with Crippen LogP contribution in [0.2, 0.25) is 0 Å². The molecule has 0 aliphatic heterocycles. The fraction of sp³-hybridized carbons (Fsp3) is 0.556. The van der Waals surface area contributed by atoms with E-state index >= 15 is 0 Å². The molecule has 6 heteroatoms. The molecule has 0 saturated heterocycles. The number of nitrogens with zero attached hydrogens (tertiary/aromatic N) is 1. The van der Waals surface area contributed by atoms with Crippen molar-refractivity contribution >= 4 is 37.8 Å². The van der Waals surface area contributed by atoms with E-state index in [0.29, 0.717) is 20.8 Å². The second-order valence-corrected chi connectivity index (χ2v) is 5.49. The minimum Gasteiger partial charge on any atom is -0.349 e. The Morgan fingerprint density at radius 2 is 2.20 bits per heavy atom. The molecule has 1 fully saturated rings. The maximum Gasteiger partial charge on any atom is 0.257 e. The van der Waals surface area contributed by atoms with Gasteiger partial charge in [0.1, 0.15) is 14.8 Å². The lowest BCUT2D eigenvalue weighted by Crippen LogP contribution is -2.43. The van der Waals surface area contributed by atoms with Crippen molar-refractivity contribution in [2.24, 2.45) is 5.92 Å². The summed E-state index contributed by atoms with van der Waals surface area (Å²) in [6.07, 6.45) is 2.14. The first kappa shape index (κ1) is 11.1. The Kier molecular flexibility index (Phi) is 3.16. The summed E-state index contributed by atoms with van der Waals surface area (Å²) in [5.74, 6) is 0.644. The number of hydrogen-bond acceptors (Lipinski definition) is 2. The van der Waals surface area contributed by atoms with E-state index in [4.69, 9.17) is 0 Å². The van der Waals surface area contributed by atoms with E-state index in [1.807, 2.05) is 0 Å². The van der Waals surface area contributed by atoms with Crippen molar-refractivity contribution < 1.29 is 4.79 Å². The van der Waals surface area contributed by atoms with Gasteiger partial charge in [-0.2, -0.15) is 5.10 Å². The first-order chi connectivity index (χ1) is 7.08. The highest BCUT2D eigenvalue weighted by Gasteiger charge is 2.28. The number of rotatable bonds is 2. The van der Waals surface area contributed by atoms with Gasteiger partial charge < -0.3 is 5.32 Å². The minimum absolute atomic E-state index is 0.0839. The first-order valence-corrected chi connectivity index (χ1v) is 6.36. The molecule has 1 aliphatic carbocycles. The third kappa shape index (κ3) is 2.25. The van der Waals surface area contributed by atoms with Crippen LogP contribution < -0.4 is 5.32 Å². The number of halogens is 2. The lowest BCUT2D eigenvalue weighted by atomic mass is 9.82. The van der Waals surface area contributed by atoms with Gasteiger partial charge in [-0.15, -0.1) is 0 Å². The molecular weight excluding hydrogens is 326 g/mol. The highest BCUT2D eigenvalue weighted by Crippen LogP contribution is 2.28. The average molecular weight is 337 g/mol. The monoisotopic (exact) mass is 335 g/mol. The summed E-state index contributed by atoms with van der Waals surface area (Å²) in [5, 5.41) is 9.55. The van der Waals surface area contributed by atoms with Gasteiger partial charge in [-0.3, -0.25) is 9.89 Å². The van der Waals surface area contributed by atoms with E-state index < -0.39 is 0 Å². The van der Waals surface area contributed by atoms with Crippen LogP contribution in [0.15, 0.2) is 9.21 Å². The fourth-order valence-electron chi connectivity index (χ4n) is 1.77. The van der Waals surface area contributed by atoms with E-state index in [1.165, 1.54) is 0 Å². The van der Waals surface area contributed by atoms with Gasteiger partial charge in [-0.25, -0.2) is 0 Å². The molecule has 1 aromatic rings. The van der Waals surface area contributed by atoms with Crippen LogP contribution >= 0.6 is 31.9 Å². The topological polar surface area (TPSA) is 57.8 Å². The molecule has 0 radical (unpaired) electrons. The Bertz CT molecular complexity index is 365. The second-order valence-electron chi connectivity index (χ2n) is 3.95. The zero-order valence-electron chi connectivity index (χ0n) is 8.18. The van der Waals surface area contributed by atoms with Crippen molar-refractivity contribution in [3.8, 4) is 0 Å². The zero-order chi connectivity index (χ0) is 11.0. The summed E-state index contributed by atoms with van der Waals surface area (Å²) in [6, 6.07) is 0.321. The Morgan fingerprint density at radius 1 is 1.53 bits per heavy atom. The highest BCUT2D eigenvalue weighted by atomic mass is 79.9. The Morgan fingerprint density at radius 3 is 2.67 bits per heavy atom. The van der Waals surface area contributed by atoms with Crippen molar-refractivity contribution in [2.45, 2.75) is 25.8 Å². The van der Waals surface area contributed by atoms with Gasteiger partial charge in [0, 0.05) is 6.04 Å². The highest BCUT2D eigenvalue weighted by molar-refractivity contribution is 9.11. The standard InChI is InChI=1S/C9H11Br2N3O/c1-4-2-5(3-4)12-9(15)6-7(10)13-14-8(6)11/h4-5H,2-3H2,1H3,(H,12,15)(H,13,14). The number of carbonyl (C=O) groups is 1. The Hall–Kier alpha value is -0.360. The minimum atomic E-state index is -0.0839. The summed E-state index contributed by atoms with van der Waals surface area (Å²) in [4.78, 5) is 11.8. The summed E-state index contributed by atoms with van der Waals surface area (Å²) < 4.78 is 1.15. The number of nitrogens with one attached hydrogen (secondary N) is 2. The summed E-state index contributed by atoms with van der Waals surface area (Å²) in [7, 11) is 0. The maximum atomic E-state index is 11.8. The van der Waals surface area contributed by atoms with Gasteiger partial charge in [0.05, 0.1) is 0 Å². The molecule has 4 nitrogen and oxygen atoms in total. The third-order valence-corrected chi connectivity index (χ3v) is 3.76. The molecule has 1 saturated carbocycles. The van der Waals surface area contributed by atoms with Crippen molar-refractivity contribution in [3.05, 3.63) is 14.8 Å². The van der Waals surface area contributed by atoms with Gasteiger partial charge in [-0.05, 0) is 50.6 Å². The molecule has 2 N–H and O–H groups in total. The number of amides is 1. The third-order valence-electron chi connectivity index (χ3n) is 2.61. The van der Waals surface area contributed by atoms with Crippen LogP contribution in [0.4, 0.5) is 0 Å². The number of aromatic amines is 1. The lowest BCUT2D eigenvalue weighted by Gasteiger charge is -2.33. The molecule has 1 amide bonds. The van der Waals surface area contributed by atoms with Crippen molar-refractivity contribution in [2.75, 3.05) is 0 Å². The molecule has 2 rings (SSSR count). The van der Waals surface area contributed by atoms with E-state index in [9.17, 15) is 4.79 Å². The smallest absolute Gasteiger partial charge is 0.257 e. The molecule has 1 heterocycles. The Labute approximate surface area is 104 Å². The van der Waals surface area contributed by atoms with Gasteiger partial charge in [0.25, 0.3) is 5.91 Å². The molecule has 0 bridgehead atoms. The zero-order valence-corrected chi connectivity index (χ0v) is 11.4. The summed E-state index contributed by atoms with van der Waals surface area (Å²) >= 11 is 6.48. The van der Waals surface area contributed by atoms with E-state index in [0.717, 1.165) is 18.8 Å². The molecule has 1 aliphatic rings. The van der Waals surface area contributed by atoms with Gasteiger partial charge in [-0.1, -0.05) is 6.92 Å². The normalized spacial score (nSPS) is 24.7. The number of carbonyl (C=O) groups excluding carboxylic acids is 1. The molecule has 15 heavy (non-hydrogen) atoms. The van der Waals surface area contributed by atoms with E-state index in [1.54, 1.807) is 0 Å². The van der Waals surface area contributed by atoms with Crippen LogP contribution in [0.1, 0.15) is 30.1 Å². The van der Waals surface area contributed by atoms with Crippen LogP contribution in [0.3, 0.4) is 0 Å². The van der Waals surface area contributed by atoms with Gasteiger partial charge >= 0.3 is 0 Å². The van der Waals surface area contributed by atoms with E-state index in [-0.39, 0.29) is 5.91 Å². The summed E-state index contributed by atoms with van der Waals surface area (Å²) in [6.45, 7) is 2.19. The van der Waals surface area contributed by atoms with Crippen LogP contribution in [0, 0.1) is 5.92 Å². The maximum absolute atomic E-state index is 11.8. The van der Waals surface area contributed by atoms with Crippen LogP contribution in [-0.4, -0.2) is 22.1 Å². The van der Waals surface area contributed by atoms with Crippen LogP contribution in [0.5, 0.6) is 0 Å². The molecule has 0 atom stereocenters. The van der Waals surface area contributed by atoms with E-state index in [2.05, 4.69) is 54.3 Å². The van der Waals surface area contributed by atoms with Crippen LogP contribution in [-0.2, 0) is 0 Å². The molecular formula is C9H11Br2N3O. The van der Waals surface area contributed by atoms with Gasteiger partial charge in [0.2, 0.25) is 0 Å². The average Bonchev–Trinajstić information content (AvgIpc) is 2.43. The summed E-state index contributed by atoms with van der Waals surface area (Å²) in [5.41, 5.74) is 0.537. The first-order valence-electron chi connectivity index (χ1n) is 4.78. The SMILES string of the molecule is CC1CC(NC(=O)c2c(Br)n[nH]c2Br)C1. The largest absolute Gasteiger partial charge is 0.349 e. The quantitative estimate of drug-likeness (QED) is 0.871. The van der Waals surface area contributed by atoms with Crippen molar-refractivity contribution in [1.82, 2.24) is 15.5 Å². The van der Waals surface area contributed by atoms with Gasteiger partial charge in [0.15, 0.2) is 0 Å². The fourth-order valence-corrected chi connectivity index (χ4v) is 2.96. The molecule has 1 aromatic heterocycles. The molecule has 0 aromatic carbocycles. The van der Waals surface area contributed by atoms with Crippen LogP contribution in [0.25, 0.3) is 0 Å². The number of aromatic nitrogens is 2. The number of hydrogen-bond donors (Lipinski definition) is 2. The lowest BCUT2D eigenvalue weighted by molar-refractivity contribution is 0.0894. The predicted octanol–water partition coefficient (Wildman–Crippen LogP) is 2.46. The van der Waals surface area contributed by atoms with Crippen molar-refractivity contribution in [3.63, 3.8) is 0 Å². The second kappa shape index (κ2) is 4.25. The number of H-pyrrole nitrogens is 1. The van der Waals surface area contributed by atoms with Crippen molar-refractivity contribution in [1.29, 1.82) is 0 Å². The predicted molar refractivity (Wildman–Crippen MR) is 63.6 cm³/mol. The molecule has 0 unspecified atom stereocenters. The Balaban J connectivity index is 2.02. The molecule has 0 spiro atoms. The molecule has 82 valence electrons.